The van der Waals surface area contributed by atoms with E-state index >= 15 is 0 Å². The molecule has 1 aromatic carbocycles. The molecule has 0 spiro atoms. The standard InChI is InChI=1S/C12H11F8N3O2S/c1-6(21-10(2,11(15,16)17)12(18,19)20)22-23-26(24,25)9-5-7(13)3-4-8(9)14/h3-5,21-23H,1H2,2H3. The van der Waals surface area contributed by atoms with E-state index < -0.39 is 50.3 Å². The van der Waals surface area contributed by atoms with E-state index in [1.54, 1.807) is 0 Å². The summed E-state index contributed by atoms with van der Waals surface area (Å²) in [5.41, 5.74) is -3.02. The summed E-state index contributed by atoms with van der Waals surface area (Å²) in [6.45, 7) is 2.55. The maximum absolute atomic E-state index is 13.4. The van der Waals surface area contributed by atoms with Crippen molar-refractivity contribution < 1.29 is 43.5 Å². The fraction of sp³-hybridized carbons (Fsp3) is 0.333. The van der Waals surface area contributed by atoms with Crippen LogP contribution in [0.5, 0.6) is 0 Å². The van der Waals surface area contributed by atoms with Crippen molar-refractivity contribution in [3.05, 3.63) is 42.2 Å². The Morgan fingerprint density at radius 2 is 1.54 bits per heavy atom. The summed E-state index contributed by atoms with van der Waals surface area (Å²) in [5, 5.41) is 0.973. The van der Waals surface area contributed by atoms with Crippen LogP contribution in [0.25, 0.3) is 0 Å². The van der Waals surface area contributed by atoms with Gasteiger partial charge >= 0.3 is 12.4 Å². The molecule has 0 unspecified atom stereocenters. The van der Waals surface area contributed by atoms with Crippen LogP contribution in [0.15, 0.2) is 35.5 Å². The van der Waals surface area contributed by atoms with Crippen molar-refractivity contribution in [1.29, 1.82) is 0 Å². The zero-order valence-corrected chi connectivity index (χ0v) is 13.5. The molecule has 0 aromatic heterocycles. The lowest BCUT2D eigenvalue weighted by molar-refractivity contribution is -0.299. The van der Waals surface area contributed by atoms with Gasteiger partial charge in [0.05, 0.1) is 0 Å². The molecule has 0 fully saturated rings. The minimum absolute atomic E-state index is 0.236. The fourth-order valence-electron chi connectivity index (χ4n) is 1.50. The van der Waals surface area contributed by atoms with Crippen LogP contribution in [0.2, 0.25) is 0 Å². The first kappa shape index (κ1) is 22.0. The predicted molar refractivity (Wildman–Crippen MR) is 72.6 cm³/mol. The molecule has 0 bridgehead atoms. The van der Waals surface area contributed by atoms with Crippen LogP contribution < -0.4 is 15.6 Å². The molecule has 1 rings (SSSR count). The van der Waals surface area contributed by atoms with E-state index in [9.17, 15) is 43.5 Å². The lowest BCUT2D eigenvalue weighted by Crippen LogP contribution is -2.65. The van der Waals surface area contributed by atoms with Gasteiger partial charge in [0, 0.05) is 0 Å². The molecule has 3 N–H and O–H groups in total. The van der Waals surface area contributed by atoms with Crippen LogP contribution >= 0.6 is 0 Å². The first-order chi connectivity index (χ1) is 11.5. The van der Waals surface area contributed by atoms with Crippen molar-refractivity contribution in [1.82, 2.24) is 15.6 Å². The number of hydrogen-bond donors (Lipinski definition) is 3. The Kier molecular flexibility index (Phi) is 5.83. The molecule has 26 heavy (non-hydrogen) atoms. The largest absolute Gasteiger partial charge is 0.420 e. The molecule has 0 saturated heterocycles. The van der Waals surface area contributed by atoms with Crippen LogP contribution in [0.1, 0.15) is 6.92 Å². The highest BCUT2D eigenvalue weighted by Crippen LogP contribution is 2.42. The number of hydrazine groups is 1. The molecule has 0 aliphatic rings. The third kappa shape index (κ3) is 4.55. The van der Waals surface area contributed by atoms with Crippen LogP contribution in [-0.2, 0) is 10.0 Å². The van der Waals surface area contributed by atoms with Gasteiger partial charge in [-0.25, -0.2) is 17.2 Å². The molecule has 0 atom stereocenters. The van der Waals surface area contributed by atoms with E-state index in [1.165, 1.54) is 10.3 Å². The van der Waals surface area contributed by atoms with Gasteiger partial charge in [0.15, 0.2) is 0 Å². The van der Waals surface area contributed by atoms with Gasteiger partial charge in [0.2, 0.25) is 5.54 Å². The topological polar surface area (TPSA) is 70.2 Å². The monoisotopic (exact) mass is 413 g/mol. The summed E-state index contributed by atoms with van der Waals surface area (Å²) in [6, 6.07) is 1.31. The van der Waals surface area contributed by atoms with E-state index in [1.807, 2.05) is 0 Å². The molecule has 5 nitrogen and oxygen atoms in total. The summed E-state index contributed by atoms with van der Waals surface area (Å²) in [6.07, 6.45) is -11.6. The fourth-order valence-corrected chi connectivity index (χ4v) is 2.46. The van der Waals surface area contributed by atoms with Gasteiger partial charge in [-0.2, -0.15) is 26.3 Å². The smallest absolute Gasteiger partial charge is 0.350 e. The summed E-state index contributed by atoms with van der Waals surface area (Å²) >= 11 is 0. The van der Waals surface area contributed by atoms with E-state index in [4.69, 9.17) is 0 Å². The number of sulfonamides is 1. The zero-order chi connectivity index (χ0) is 20.6. The lowest BCUT2D eigenvalue weighted by atomic mass is 10.0. The molecule has 1 aromatic rings. The average molecular weight is 413 g/mol. The number of nitrogens with one attached hydrogen (secondary N) is 3. The Bertz CT molecular complexity index is 775. The first-order valence-corrected chi connectivity index (χ1v) is 7.83. The normalized spacial score (nSPS) is 13.4. The number of hydrogen-bond acceptors (Lipinski definition) is 4. The van der Waals surface area contributed by atoms with Gasteiger partial charge in [0.25, 0.3) is 10.0 Å². The van der Waals surface area contributed by atoms with Crippen LogP contribution in [-0.4, -0.2) is 26.3 Å². The minimum Gasteiger partial charge on any atom is -0.350 e. The molecule has 0 radical (unpaired) electrons. The Balaban J connectivity index is 2.97. The van der Waals surface area contributed by atoms with Crippen molar-refractivity contribution >= 4 is 10.0 Å². The number of alkyl halides is 6. The molecule has 0 heterocycles. The number of rotatable bonds is 6. The summed E-state index contributed by atoms with van der Waals surface area (Å²) < 4.78 is 126. The van der Waals surface area contributed by atoms with Crippen molar-refractivity contribution in [2.75, 3.05) is 0 Å². The second-order valence-electron chi connectivity index (χ2n) is 5.03. The highest BCUT2D eigenvalue weighted by Gasteiger charge is 2.68. The predicted octanol–water partition coefficient (Wildman–Crippen LogP) is 2.69. The van der Waals surface area contributed by atoms with E-state index in [0.717, 1.165) is 5.32 Å². The Labute approximate surface area is 142 Å². The quantitative estimate of drug-likeness (QED) is 0.496. The second kappa shape index (κ2) is 6.90. The third-order valence-corrected chi connectivity index (χ3v) is 4.32. The number of halogens is 8. The van der Waals surface area contributed by atoms with Gasteiger partial charge in [0.1, 0.15) is 22.4 Å². The maximum atomic E-state index is 13.4. The van der Waals surface area contributed by atoms with Crippen molar-refractivity contribution in [2.45, 2.75) is 29.7 Å². The first-order valence-electron chi connectivity index (χ1n) is 6.35. The average Bonchev–Trinajstić information content (AvgIpc) is 2.45. The zero-order valence-electron chi connectivity index (χ0n) is 12.7. The van der Waals surface area contributed by atoms with Gasteiger partial charge < -0.3 is 5.32 Å². The maximum Gasteiger partial charge on any atom is 0.420 e. The second-order valence-corrected chi connectivity index (χ2v) is 6.68. The van der Waals surface area contributed by atoms with Gasteiger partial charge in [-0.3, -0.25) is 5.43 Å². The van der Waals surface area contributed by atoms with Crippen LogP contribution in [0.4, 0.5) is 35.1 Å². The summed E-state index contributed by atoms with van der Waals surface area (Å²) in [4.78, 5) is 0.0580. The molecular formula is C12H11F8N3O2S. The molecule has 148 valence electrons. The summed E-state index contributed by atoms with van der Waals surface area (Å²) in [5.74, 6) is -3.80. The van der Waals surface area contributed by atoms with E-state index in [0.29, 0.717) is 12.1 Å². The van der Waals surface area contributed by atoms with Crippen molar-refractivity contribution in [2.24, 2.45) is 0 Å². The Morgan fingerprint density at radius 1 is 1.04 bits per heavy atom. The third-order valence-electron chi connectivity index (χ3n) is 3.05. The lowest BCUT2D eigenvalue weighted by Gasteiger charge is -2.36. The Morgan fingerprint density at radius 3 is 2.00 bits per heavy atom. The molecular weight excluding hydrogens is 402 g/mol. The highest BCUT2D eigenvalue weighted by molar-refractivity contribution is 7.89. The minimum atomic E-state index is -5.82. The highest BCUT2D eigenvalue weighted by atomic mass is 32.2. The number of benzene rings is 1. The SMILES string of the molecule is C=C(NNS(=O)(=O)c1cc(F)ccc1F)NC(C)(C(F)(F)F)C(F)(F)F. The van der Waals surface area contributed by atoms with Gasteiger partial charge in [-0.15, -0.1) is 4.83 Å². The molecule has 0 aliphatic carbocycles. The molecule has 0 aliphatic heterocycles. The molecule has 0 saturated carbocycles. The van der Waals surface area contributed by atoms with Crippen molar-refractivity contribution in [3.8, 4) is 0 Å². The van der Waals surface area contributed by atoms with Crippen LogP contribution in [0.3, 0.4) is 0 Å². The van der Waals surface area contributed by atoms with Crippen LogP contribution in [0, 0.1) is 11.6 Å². The van der Waals surface area contributed by atoms with E-state index in [-0.39, 0.29) is 13.0 Å². The van der Waals surface area contributed by atoms with E-state index in [2.05, 4.69) is 6.58 Å². The molecule has 0 amide bonds. The molecule has 14 heteroatoms. The Hall–Kier alpha value is -2.09. The van der Waals surface area contributed by atoms with Crippen molar-refractivity contribution in [3.63, 3.8) is 0 Å². The summed E-state index contributed by atoms with van der Waals surface area (Å²) in [7, 11) is -4.87. The van der Waals surface area contributed by atoms with Gasteiger partial charge in [-0.1, -0.05) is 6.58 Å². The van der Waals surface area contributed by atoms with Gasteiger partial charge in [-0.05, 0) is 25.1 Å².